The van der Waals surface area contributed by atoms with Crippen LogP contribution in [0.15, 0.2) is 344 Å². The van der Waals surface area contributed by atoms with E-state index in [0.29, 0.717) is 11.5 Å². The lowest BCUT2D eigenvalue weighted by Gasteiger charge is -2.27. The van der Waals surface area contributed by atoms with Crippen LogP contribution in [0.2, 0.25) is 0 Å². The normalized spacial score (nSPS) is 11.9. The zero-order chi connectivity index (χ0) is 63.7. The molecule has 0 aliphatic carbocycles. The topological polar surface area (TPSA) is 58.6 Å². The van der Waals surface area contributed by atoms with Crippen LogP contribution in [0.1, 0.15) is 0 Å². The highest BCUT2D eigenvalue weighted by atomic mass is 16.3. The average Bonchev–Trinajstić information content (AvgIpc) is 1.60. The second kappa shape index (κ2) is 21.7. The van der Waals surface area contributed by atoms with E-state index < -0.39 is 0 Å². The highest BCUT2D eigenvalue weighted by Gasteiger charge is 2.34. The van der Waals surface area contributed by atoms with Crippen molar-refractivity contribution in [3.05, 3.63) is 340 Å². The van der Waals surface area contributed by atoms with E-state index in [4.69, 9.17) is 14.4 Å². The van der Waals surface area contributed by atoms with Gasteiger partial charge in [0, 0.05) is 54.2 Å². The van der Waals surface area contributed by atoms with E-state index in [0.717, 1.165) is 177 Å². The van der Waals surface area contributed by atoms with E-state index in [1.807, 2.05) is 24.3 Å². The molecule has 7 heteroatoms. The van der Waals surface area contributed by atoms with Crippen molar-refractivity contribution in [2.75, 3.05) is 0 Å². The molecule has 0 unspecified atom stereocenters. The van der Waals surface area contributed by atoms with Gasteiger partial charge < -0.3 is 13.6 Å². The van der Waals surface area contributed by atoms with Gasteiger partial charge in [0.25, 0.3) is 0 Å². The van der Waals surface area contributed by atoms with Crippen molar-refractivity contribution in [3.63, 3.8) is 0 Å². The molecule has 0 N–H and O–H groups in total. The molecule has 20 aromatic rings. The van der Waals surface area contributed by atoms with Crippen LogP contribution in [0, 0.1) is 0 Å². The molecule has 97 heavy (non-hydrogen) atoms. The second-order valence-electron chi connectivity index (χ2n) is 25.2. The summed E-state index contributed by atoms with van der Waals surface area (Å²) in [6.45, 7) is 0. The third-order valence-corrected chi connectivity index (χ3v) is 19.8. The Balaban J connectivity index is 1.05. The van der Waals surface area contributed by atoms with Gasteiger partial charge >= 0.3 is 0 Å². The molecule has 0 bridgehead atoms. The van der Waals surface area contributed by atoms with Gasteiger partial charge in [0.05, 0.1) is 44.1 Å². The molecule has 0 aliphatic rings. The lowest BCUT2D eigenvalue weighted by molar-refractivity contribution is 0.620. The van der Waals surface area contributed by atoms with Crippen LogP contribution in [0.25, 0.3) is 188 Å². The van der Waals surface area contributed by atoms with E-state index >= 15 is 0 Å². The number of aromatic nitrogens is 6. The molecule has 0 radical (unpaired) electrons. The SMILES string of the molecule is c1ccc(-c2ccc3c(c2)c2ccccc2n3-c2nc(-n3c4ccccc4c4cc(-c5ccccc5)ccc43)c(-n3c4ccccc4c4cc(-c5ccccc5)ccc43)c(-c3ccccc3-c3nc4ccccc4o3)c2-n2c3ccccc3c3cc(-c4ccccc4)ccc32)cc1. The summed E-state index contributed by atoms with van der Waals surface area (Å²) < 4.78 is 17.0. The van der Waals surface area contributed by atoms with E-state index in [9.17, 15) is 0 Å². The van der Waals surface area contributed by atoms with Crippen molar-refractivity contribution in [2.45, 2.75) is 0 Å². The van der Waals surface area contributed by atoms with E-state index in [-0.39, 0.29) is 0 Å². The number of rotatable bonds is 10. The largest absolute Gasteiger partial charge is 0.436 e. The first kappa shape index (κ1) is 54.5. The van der Waals surface area contributed by atoms with E-state index in [1.54, 1.807) is 0 Å². The van der Waals surface area contributed by atoms with Gasteiger partial charge in [-0.15, -0.1) is 0 Å². The highest BCUT2D eigenvalue weighted by Crippen LogP contribution is 2.52. The maximum atomic E-state index is 7.05. The third kappa shape index (κ3) is 8.48. The Morgan fingerprint density at radius 1 is 0.216 bits per heavy atom. The summed E-state index contributed by atoms with van der Waals surface area (Å²) in [6.07, 6.45) is 0. The molecular formula is C90H56N6O. The molecule has 0 saturated carbocycles. The third-order valence-electron chi connectivity index (χ3n) is 19.8. The quantitative estimate of drug-likeness (QED) is 0.137. The van der Waals surface area contributed by atoms with Crippen LogP contribution < -0.4 is 0 Å². The zero-order valence-corrected chi connectivity index (χ0v) is 52.4. The van der Waals surface area contributed by atoms with Gasteiger partial charge in [-0.05, 0) is 141 Å². The van der Waals surface area contributed by atoms with Gasteiger partial charge in [-0.3, -0.25) is 9.13 Å². The minimum Gasteiger partial charge on any atom is -0.436 e. The molecule has 0 spiro atoms. The molecular weight excluding hydrogens is 1180 g/mol. The van der Waals surface area contributed by atoms with Crippen LogP contribution in [0.5, 0.6) is 0 Å². The molecule has 0 amide bonds. The summed E-state index contributed by atoms with van der Waals surface area (Å²) in [4.78, 5) is 12.1. The van der Waals surface area contributed by atoms with Crippen molar-refractivity contribution in [3.8, 4) is 90.1 Å². The fourth-order valence-corrected chi connectivity index (χ4v) is 15.5. The molecule has 20 rings (SSSR count). The first-order valence-electron chi connectivity index (χ1n) is 33.0. The van der Waals surface area contributed by atoms with Crippen molar-refractivity contribution < 1.29 is 4.42 Å². The van der Waals surface area contributed by atoms with Gasteiger partial charge in [-0.2, -0.15) is 0 Å². The number of oxazole rings is 1. The summed E-state index contributed by atoms with van der Waals surface area (Å²) in [6, 6.07) is 123. The van der Waals surface area contributed by atoms with Crippen LogP contribution in [0.3, 0.4) is 0 Å². The number of hydrogen-bond donors (Lipinski definition) is 0. The molecule has 6 heterocycles. The summed E-state index contributed by atoms with van der Waals surface area (Å²) >= 11 is 0. The average molecular weight is 1240 g/mol. The van der Waals surface area contributed by atoms with Crippen molar-refractivity contribution in [1.82, 2.24) is 28.2 Å². The Bertz CT molecular complexity index is 6180. The number of benzene rings is 14. The Kier molecular flexibility index (Phi) is 12.2. The minimum atomic E-state index is 0.508. The summed E-state index contributed by atoms with van der Waals surface area (Å²) in [5, 5.41) is 8.90. The van der Waals surface area contributed by atoms with Gasteiger partial charge in [0.2, 0.25) is 5.89 Å². The van der Waals surface area contributed by atoms with Gasteiger partial charge in [0.15, 0.2) is 17.2 Å². The number of pyridine rings is 1. The summed E-state index contributed by atoms with van der Waals surface area (Å²) in [5.41, 5.74) is 23.1. The first-order valence-corrected chi connectivity index (χ1v) is 33.0. The van der Waals surface area contributed by atoms with Crippen LogP contribution in [-0.4, -0.2) is 28.2 Å². The first-order chi connectivity index (χ1) is 48.1. The summed E-state index contributed by atoms with van der Waals surface area (Å²) in [7, 11) is 0. The van der Waals surface area contributed by atoms with Crippen LogP contribution in [-0.2, 0) is 0 Å². The molecule has 6 aromatic heterocycles. The predicted octanol–water partition coefficient (Wildman–Crippen LogP) is 23.6. The zero-order valence-electron chi connectivity index (χ0n) is 52.4. The molecule has 14 aromatic carbocycles. The van der Waals surface area contributed by atoms with Crippen molar-refractivity contribution in [1.29, 1.82) is 0 Å². The van der Waals surface area contributed by atoms with Gasteiger partial charge in [-0.1, -0.05) is 249 Å². The Hall–Kier alpha value is -13.1. The lowest BCUT2D eigenvalue weighted by atomic mass is 9.95. The Morgan fingerprint density at radius 3 is 0.897 bits per heavy atom. The second-order valence-corrected chi connectivity index (χ2v) is 25.2. The molecule has 0 fully saturated rings. The number of fused-ring (bicyclic) bond motifs is 13. The predicted molar refractivity (Wildman–Crippen MR) is 402 cm³/mol. The van der Waals surface area contributed by atoms with E-state index in [2.05, 4.69) is 334 Å². The Morgan fingerprint density at radius 2 is 0.515 bits per heavy atom. The molecule has 0 atom stereocenters. The fraction of sp³-hybridized carbons (Fsp3) is 0. The smallest absolute Gasteiger partial charge is 0.227 e. The molecule has 0 saturated heterocycles. The van der Waals surface area contributed by atoms with Crippen molar-refractivity contribution >= 4 is 98.3 Å². The Labute approximate surface area is 557 Å². The number of para-hydroxylation sites is 6. The monoisotopic (exact) mass is 1240 g/mol. The lowest BCUT2D eigenvalue weighted by Crippen LogP contribution is -2.16. The van der Waals surface area contributed by atoms with Gasteiger partial charge in [-0.25, -0.2) is 9.97 Å². The number of hydrogen-bond acceptors (Lipinski definition) is 3. The van der Waals surface area contributed by atoms with Gasteiger partial charge in [0.1, 0.15) is 16.9 Å². The minimum absolute atomic E-state index is 0.508. The van der Waals surface area contributed by atoms with Crippen LogP contribution >= 0.6 is 0 Å². The van der Waals surface area contributed by atoms with Crippen molar-refractivity contribution in [2.24, 2.45) is 0 Å². The highest BCUT2D eigenvalue weighted by molar-refractivity contribution is 6.17. The molecule has 7 nitrogen and oxygen atoms in total. The van der Waals surface area contributed by atoms with E-state index in [1.165, 1.54) is 0 Å². The summed E-state index contributed by atoms with van der Waals surface area (Å²) in [5.74, 6) is 1.97. The molecule has 452 valence electrons. The fourth-order valence-electron chi connectivity index (χ4n) is 15.5. The molecule has 0 aliphatic heterocycles. The number of nitrogens with zero attached hydrogens (tertiary/aromatic N) is 6. The standard InChI is InChI=1S/C90H56N6O/c1-5-25-57(26-6-1)61-45-49-80-71(53-61)65-33-15-20-40-76(65)93(80)86-85(69-37-13-14-38-70(69)90-91-75-39-19-24-44-84(75)97-90)87(94-77-41-21-16-34-66(77)72-54-62(46-50-81(72)94)58-27-7-2-8-28-58)89(96-79-43-23-18-36-68(79)74-56-64(48-52-83(74)96)60-31-11-4-12-32-60)92-88(86)95-78-42-22-17-35-67(78)73-55-63(47-51-82(73)95)59-29-9-3-10-30-59/h1-56H. The van der Waals surface area contributed by atoms with Crippen LogP contribution in [0.4, 0.5) is 0 Å². The maximum Gasteiger partial charge on any atom is 0.227 e. The maximum absolute atomic E-state index is 7.05.